The van der Waals surface area contributed by atoms with Crippen LogP contribution in [0, 0.1) is 5.92 Å². The van der Waals surface area contributed by atoms with Gasteiger partial charge in [-0.2, -0.15) is 0 Å². The molecular weight excluding hydrogens is 286 g/mol. The molecule has 0 amide bonds. The van der Waals surface area contributed by atoms with Crippen LogP contribution in [0.2, 0.25) is 0 Å². The first-order valence-corrected chi connectivity index (χ1v) is 7.09. The molecule has 0 unspecified atom stereocenters. The number of likely N-dealkylation sites (tertiary alicyclic amines) is 1. The minimum Gasteiger partial charge on any atom is -0.330 e. The van der Waals surface area contributed by atoms with Crippen molar-refractivity contribution >= 4 is 12.4 Å². The molecule has 6 heteroatoms. The van der Waals surface area contributed by atoms with E-state index >= 15 is 0 Å². The second kappa shape index (κ2) is 7.02. The maximum atomic E-state index is 5.96. The average molecular weight is 308 g/mol. The molecule has 5 nitrogen and oxygen atoms in total. The molecule has 2 aromatic rings. The number of hydrogen-bond acceptors (Lipinski definition) is 4. The average Bonchev–Trinajstić information content (AvgIpc) is 3.06. The number of hydrogen-bond donors (Lipinski definition) is 1. The normalized spacial score (nSPS) is 22.2. The highest BCUT2D eigenvalue weighted by Gasteiger charge is 2.32. The first-order valence-electron chi connectivity index (χ1n) is 7.09. The van der Waals surface area contributed by atoms with Crippen molar-refractivity contribution in [2.75, 3.05) is 19.6 Å². The summed E-state index contributed by atoms with van der Waals surface area (Å²) >= 11 is 0. The van der Waals surface area contributed by atoms with Gasteiger partial charge in [0.15, 0.2) is 0 Å². The summed E-state index contributed by atoms with van der Waals surface area (Å²) in [5, 5.41) is 8.16. The SMILES string of the molecule is Cl.Cn1cc(CN2C[C@@H](CN)[C@H](c3ccccc3)C2)nn1. The molecule has 2 atom stereocenters. The molecule has 1 aliphatic heterocycles. The van der Waals surface area contributed by atoms with Gasteiger partial charge in [-0.15, -0.1) is 17.5 Å². The molecule has 2 N–H and O–H groups in total. The largest absolute Gasteiger partial charge is 0.330 e. The second-order valence-corrected chi connectivity index (χ2v) is 5.59. The van der Waals surface area contributed by atoms with Crippen LogP contribution < -0.4 is 5.73 Å². The van der Waals surface area contributed by atoms with E-state index in [2.05, 4.69) is 45.5 Å². The van der Waals surface area contributed by atoms with Crippen molar-refractivity contribution in [3.63, 3.8) is 0 Å². The van der Waals surface area contributed by atoms with E-state index in [-0.39, 0.29) is 12.4 Å². The van der Waals surface area contributed by atoms with Crippen LogP contribution in [0.25, 0.3) is 0 Å². The number of nitrogens with zero attached hydrogens (tertiary/aromatic N) is 4. The van der Waals surface area contributed by atoms with E-state index in [1.807, 2.05) is 13.2 Å². The molecule has 114 valence electrons. The van der Waals surface area contributed by atoms with Gasteiger partial charge in [-0.3, -0.25) is 9.58 Å². The lowest BCUT2D eigenvalue weighted by Crippen LogP contribution is -2.23. The van der Waals surface area contributed by atoms with Gasteiger partial charge in [-0.1, -0.05) is 35.5 Å². The highest BCUT2D eigenvalue weighted by molar-refractivity contribution is 5.85. The Bertz CT molecular complexity index is 556. The van der Waals surface area contributed by atoms with Crippen molar-refractivity contribution in [3.05, 3.63) is 47.8 Å². The van der Waals surface area contributed by atoms with Crippen LogP contribution in [0.15, 0.2) is 36.5 Å². The Morgan fingerprint density at radius 2 is 2.00 bits per heavy atom. The zero-order valence-electron chi connectivity index (χ0n) is 12.2. The summed E-state index contributed by atoms with van der Waals surface area (Å²) in [6, 6.07) is 10.7. The fourth-order valence-electron chi connectivity index (χ4n) is 3.10. The maximum absolute atomic E-state index is 5.96. The van der Waals surface area contributed by atoms with Gasteiger partial charge in [0.05, 0.1) is 5.69 Å². The fraction of sp³-hybridized carbons (Fsp3) is 0.467. The molecule has 21 heavy (non-hydrogen) atoms. The highest BCUT2D eigenvalue weighted by atomic mass is 35.5. The van der Waals surface area contributed by atoms with Crippen LogP contribution in [-0.4, -0.2) is 39.5 Å². The van der Waals surface area contributed by atoms with Crippen LogP contribution in [-0.2, 0) is 13.6 Å². The summed E-state index contributed by atoms with van der Waals surface area (Å²) in [6.45, 7) is 3.67. The number of benzene rings is 1. The Morgan fingerprint density at radius 1 is 1.24 bits per heavy atom. The Balaban J connectivity index is 0.00000161. The van der Waals surface area contributed by atoms with Gasteiger partial charge in [0.1, 0.15) is 0 Å². The lowest BCUT2D eigenvalue weighted by molar-refractivity contribution is 0.313. The van der Waals surface area contributed by atoms with Gasteiger partial charge in [0.25, 0.3) is 0 Å². The van der Waals surface area contributed by atoms with Crippen molar-refractivity contribution in [2.45, 2.75) is 12.5 Å². The quantitative estimate of drug-likeness (QED) is 0.928. The van der Waals surface area contributed by atoms with E-state index in [4.69, 9.17) is 5.73 Å². The minimum atomic E-state index is 0. The molecule has 0 radical (unpaired) electrons. The van der Waals surface area contributed by atoms with E-state index in [0.717, 1.165) is 31.9 Å². The van der Waals surface area contributed by atoms with E-state index < -0.39 is 0 Å². The third-order valence-corrected chi connectivity index (χ3v) is 4.08. The molecule has 2 heterocycles. The fourth-order valence-corrected chi connectivity index (χ4v) is 3.10. The minimum absolute atomic E-state index is 0. The van der Waals surface area contributed by atoms with Crippen LogP contribution in [0.4, 0.5) is 0 Å². The summed E-state index contributed by atoms with van der Waals surface area (Å²) in [5.74, 6) is 1.05. The van der Waals surface area contributed by atoms with Crippen molar-refractivity contribution in [3.8, 4) is 0 Å². The van der Waals surface area contributed by atoms with Crippen molar-refractivity contribution < 1.29 is 0 Å². The molecular formula is C15H22ClN5. The Morgan fingerprint density at radius 3 is 2.62 bits per heavy atom. The van der Waals surface area contributed by atoms with Gasteiger partial charge in [0, 0.05) is 38.8 Å². The number of halogens is 1. The summed E-state index contributed by atoms with van der Waals surface area (Å²) in [6.07, 6.45) is 1.98. The predicted molar refractivity (Wildman–Crippen MR) is 85.3 cm³/mol. The van der Waals surface area contributed by atoms with Crippen molar-refractivity contribution in [2.24, 2.45) is 18.7 Å². The molecule has 1 fully saturated rings. The molecule has 0 aliphatic carbocycles. The van der Waals surface area contributed by atoms with Crippen LogP contribution in [0.1, 0.15) is 17.2 Å². The van der Waals surface area contributed by atoms with Gasteiger partial charge in [-0.05, 0) is 18.0 Å². The van der Waals surface area contributed by atoms with Crippen molar-refractivity contribution in [1.29, 1.82) is 0 Å². The third-order valence-electron chi connectivity index (χ3n) is 4.08. The molecule has 0 bridgehead atoms. The first-order chi connectivity index (χ1) is 9.76. The number of rotatable bonds is 4. The van der Waals surface area contributed by atoms with Crippen molar-refractivity contribution in [1.82, 2.24) is 19.9 Å². The molecule has 0 spiro atoms. The van der Waals surface area contributed by atoms with E-state index in [0.29, 0.717) is 11.8 Å². The lowest BCUT2D eigenvalue weighted by Gasteiger charge is -2.16. The monoisotopic (exact) mass is 307 g/mol. The molecule has 1 aromatic heterocycles. The summed E-state index contributed by atoms with van der Waals surface area (Å²) in [5.41, 5.74) is 8.38. The predicted octanol–water partition coefficient (Wildman–Crippen LogP) is 1.41. The van der Waals surface area contributed by atoms with Crippen LogP contribution in [0.3, 0.4) is 0 Å². The number of nitrogens with two attached hydrogens (primary N) is 1. The highest BCUT2D eigenvalue weighted by Crippen LogP contribution is 2.32. The molecule has 1 aromatic carbocycles. The Labute approximate surface area is 131 Å². The number of aryl methyl sites for hydroxylation is 1. The summed E-state index contributed by atoms with van der Waals surface area (Å²) < 4.78 is 1.75. The molecule has 1 saturated heterocycles. The van der Waals surface area contributed by atoms with E-state index in [1.165, 1.54) is 5.56 Å². The zero-order chi connectivity index (χ0) is 13.9. The summed E-state index contributed by atoms with van der Waals surface area (Å²) in [4.78, 5) is 2.43. The second-order valence-electron chi connectivity index (χ2n) is 5.59. The van der Waals surface area contributed by atoms with Gasteiger partial charge in [-0.25, -0.2) is 0 Å². The standard InChI is InChI=1S/C15H21N5.ClH/c1-19-9-14(17-18-19)10-20-8-13(7-16)15(11-20)12-5-3-2-4-6-12;/h2-6,9,13,15H,7-8,10-11,16H2,1H3;1H/t13-,15+;/m1./s1. The topological polar surface area (TPSA) is 60.0 Å². The van der Waals surface area contributed by atoms with Crippen LogP contribution >= 0.6 is 12.4 Å². The Kier molecular flexibility index (Phi) is 5.33. The summed E-state index contributed by atoms with van der Waals surface area (Å²) in [7, 11) is 1.90. The molecule has 1 aliphatic rings. The molecule has 0 saturated carbocycles. The van der Waals surface area contributed by atoms with E-state index in [1.54, 1.807) is 4.68 Å². The molecule has 3 rings (SSSR count). The van der Waals surface area contributed by atoms with Gasteiger partial charge >= 0.3 is 0 Å². The maximum Gasteiger partial charge on any atom is 0.0967 e. The lowest BCUT2D eigenvalue weighted by atomic mass is 9.89. The van der Waals surface area contributed by atoms with E-state index in [9.17, 15) is 0 Å². The number of aromatic nitrogens is 3. The van der Waals surface area contributed by atoms with Crippen LogP contribution in [0.5, 0.6) is 0 Å². The third kappa shape index (κ3) is 3.61. The zero-order valence-corrected chi connectivity index (χ0v) is 13.0. The van der Waals surface area contributed by atoms with Gasteiger partial charge < -0.3 is 5.73 Å². The smallest absolute Gasteiger partial charge is 0.0967 e. The Hall–Kier alpha value is -1.43. The van der Waals surface area contributed by atoms with Gasteiger partial charge in [0.2, 0.25) is 0 Å². The first kappa shape index (κ1) is 15.9.